The van der Waals surface area contributed by atoms with Crippen LogP contribution in [0.4, 0.5) is 14.9 Å². The predicted molar refractivity (Wildman–Crippen MR) is 145 cm³/mol. The third kappa shape index (κ3) is 6.47. The molecule has 202 valence electrons. The van der Waals surface area contributed by atoms with Gasteiger partial charge in [0.25, 0.3) is 11.8 Å². The van der Waals surface area contributed by atoms with Gasteiger partial charge in [-0.2, -0.15) is 0 Å². The highest BCUT2D eigenvalue weighted by molar-refractivity contribution is 7.99. The van der Waals surface area contributed by atoms with Crippen molar-refractivity contribution in [3.8, 4) is 11.5 Å². The summed E-state index contributed by atoms with van der Waals surface area (Å²) in [5.41, 5.74) is 0.205. The summed E-state index contributed by atoms with van der Waals surface area (Å²) in [5, 5.41) is 11.4. The number of nitrogens with zero attached hydrogens (tertiary/aromatic N) is 3. The SMILES string of the molecule is CC(C)(C)OC(=O)N[C@H]1CSc2cc(F)c(-c3nnc(C(C)(C)C)o3)cc2N(Cc2ccc(Cl)cc2)C1=O. The summed E-state index contributed by atoms with van der Waals surface area (Å²) in [4.78, 5) is 28.4. The third-order valence-corrected chi connectivity index (χ3v) is 6.94. The first-order chi connectivity index (χ1) is 17.7. The van der Waals surface area contributed by atoms with Gasteiger partial charge in [0.15, 0.2) is 0 Å². The van der Waals surface area contributed by atoms with Crippen LogP contribution in [0, 0.1) is 5.82 Å². The third-order valence-electron chi connectivity index (χ3n) is 5.55. The van der Waals surface area contributed by atoms with Gasteiger partial charge in [0.05, 0.1) is 17.8 Å². The maximum atomic E-state index is 15.3. The number of fused-ring (bicyclic) bond motifs is 1. The lowest BCUT2D eigenvalue weighted by molar-refractivity contribution is -0.120. The molecule has 0 radical (unpaired) electrons. The molecule has 1 atom stereocenters. The molecule has 0 bridgehead atoms. The summed E-state index contributed by atoms with van der Waals surface area (Å²) in [6.07, 6.45) is -0.707. The maximum absolute atomic E-state index is 15.3. The summed E-state index contributed by atoms with van der Waals surface area (Å²) in [5.74, 6) is -0.345. The maximum Gasteiger partial charge on any atom is 0.408 e. The Kier molecular flexibility index (Phi) is 7.76. The first kappa shape index (κ1) is 27.9. The molecule has 2 amide bonds. The van der Waals surface area contributed by atoms with Crippen molar-refractivity contribution in [2.45, 2.75) is 70.0 Å². The van der Waals surface area contributed by atoms with Crippen LogP contribution >= 0.6 is 23.4 Å². The van der Waals surface area contributed by atoms with Gasteiger partial charge in [-0.3, -0.25) is 4.79 Å². The molecular formula is C27H30ClFN4O4S. The zero-order valence-electron chi connectivity index (χ0n) is 22.1. The van der Waals surface area contributed by atoms with E-state index in [0.29, 0.717) is 21.5 Å². The Hall–Kier alpha value is -3.11. The number of alkyl carbamates (subject to hydrolysis) is 1. The van der Waals surface area contributed by atoms with Crippen LogP contribution in [0.1, 0.15) is 53.0 Å². The fourth-order valence-electron chi connectivity index (χ4n) is 3.71. The van der Waals surface area contributed by atoms with E-state index in [4.69, 9.17) is 20.8 Å². The first-order valence-corrected chi connectivity index (χ1v) is 13.4. The van der Waals surface area contributed by atoms with Crippen molar-refractivity contribution >= 4 is 41.1 Å². The number of amides is 2. The summed E-state index contributed by atoms with van der Waals surface area (Å²) in [6.45, 7) is 11.1. The number of carbonyl (C=O) groups is 2. The first-order valence-electron chi connectivity index (χ1n) is 12.1. The van der Waals surface area contributed by atoms with E-state index in [0.717, 1.165) is 5.56 Å². The topological polar surface area (TPSA) is 97.6 Å². The quantitative estimate of drug-likeness (QED) is 0.396. The molecule has 2 heterocycles. The fraction of sp³-hybridized carbons (Fsp3) is 0.407. The van der Waals surface area contributed by atoms with E-state index in [1.165, 1.54) is 22.7 Å². The molecule has 1 aliphatic heterocycles. The van der Waals surface area contributed by atoms with Crippen LogP contribution in [-0.4, -0.2) is 39.6 Å². The van der Waals surface area contributed by atoms with Crippen molar-refractivity contribution in [3.05, 3.63) is 58.7 Å². The number of hydrogen-bond donors (Lipinski definition) is 1. The molecule has 0 fully saturated rings. The van der Waals surface area contributed by atoms with Gasteiger partial charge in [-0.1, -0.05) is 44.5 Å². The van der Waals surface area contributed by atoms with Crippen molar-refractivity contribution in [2.75, 3.05) is 10.7 Å². The van der Waals surface area contributed by atoms with Crippen molar-refractivity contribution in [1.82, 2.24) is 15.5 Å². The number of rotatable bonds is 4. The summed E-state index contributed by atoms with van der Waals surface area (Å²) in [6, 6.07) is 9.07. The van der Waals surface area contributed by atoms with Crippen LogP contribution in [0.5, 0.6) is 0 Å². The fourth-order valence-corrected chi connectivity index (χ4v) is 4.91. The lowest BCUT2D eigenvalue weighted by Gasteiger charge is -2.27. The minimum Gasteiger partial charge on any atom is -0.444 e. The van der Waals surface area contributed by atoms with E-state index in [1.807, 2.05) is 32.9 Å². The van der Waals surface area contributed by atoms with Gasteiger partial charge < -0.3 is 19.4 Å². The minimum absolute atomic E-state index is 0.0202. The standard InChI is InChI=1S/C27H30ClFN4O4S/c1-26(2,3)24-32-31-22(36-24)17-11-20-21(12-18(17)29)38-14-19(30-25(35)37-27(4,5)6)23(34)33(20)13-15-7-9-16(28)10-8-15/h7-12,19H,13-14H2,1-6H3,(H,30,35)/t19-/m0/s1. The number of benzene rings is 2. The van der Waals surface area contributed by atoms with E-state index >= 15 is 4.39 Å². The molecule has 8 nitrogen and oxygen atoms in total. The largest absolute Gasteiger partial charge is 0.444 e. The number of anilines is 1. The molecule has 11 heteroatoms. The molecule has 4 rings (SSSR count). The highest BCUT2D eigenvalue weighted by Gasteiger charge is 2.35. The second-order valence-electron chi connectivity index (χ2n) is 11.0. The molecule has 0 saturated heterocycles. The molecule has 3 aromatic rings. The average Bonchev–Trinajstić information content (AvgIpc) is 3.27. The van der Waals surface area contributed by atoms with E-state index in [-0.39, 0.29) is 29.7 Å². The summed E-state index contributed by atoms with van der Waals surface area (Å²) < 4.78 is 26.5. The van der Waals surface area contributed by atoms with Gasteiger partial charge in [0, 0.05) is 21.1 Å². The minimum atomic E-state index is -0.906. The summed E-state index contributed by atoms with van der Waals surface area (Å²) in [7, 11) is 0. The molecule has 1 aliphatic rings. The zero-order valence-corrected chi connectivity index (χ0v) is 23.7. The molecule has 2 aromatic carbocycles. The van der Waals surface area contributed by atoms with Crippen molar-refractivity contribution in [1.29, 1.82) is 0 Å². The Morgan fingerprint density at radius 1 is 1.18 bits per heavy atom. The smallest absolute Gasteiger partial charge is 0.408 e. The number of carbonyl (C=O) groups excluding carboxylic acids is 2. The average molecular weight is 561 g/mol. The number of halogens is 2. The van der Waals surface area contributed by atoms with E-state index in [9.17, 15) is 9.59 Å². The normalized spacial score (nSPS) is 16.2. The highest BCUT2D eigenvalue weighted by atomic mass is 35.5. The molecular weight excluding hydrogens is 531 g/mol. The molecule has 1 aromatic heterocycles. The number of ether oxygens (including phenoxy) is 1. The van der Waals surface area contributed by atoms with E-state index in [2.05, 4.69) is 15.5 Å². The molecule has 0 saturated carbocycles. The lowest BCUT2D eigenvalue weighted by Crippen LogP contribution is -2.50. The van der Waals surface area contributed by atoms with Crippen LogP contribution in [0.3, 0.4) is 0 Å². The van der Waals surface area contributed by atoms with Crippen molar-refractivity contribution in [2.24, 2.45) is 0 Å². The van der Waals surface area contributed by atoms with Crippen LogP contribution in [0.25, 0.3) is 11.5 Å². The van der Waals surface area contributed by atoms with Gasteiger partial charge in [-0.05, 0) is 50.6 Å². The van der Waals surface area contributed by atoms with Gasteiger partial charge in [-0.25, -0.2) is 9.18 Å². The van der Waals surface area contributed by atoms with E-state index < -0.39 is 29.0 Å². The number of thioether (sulfide) groups is 1. The Bertz CT molecular complexity index is 1350. The second kappa shape index (κ2) is 10.6. The highest BCUT2D eigenvalue weighted by Crippen LogP contribution is 2.40. The Balaban J connectivity index is 1.75. The Morgan fingerprint density at radius 3 is 2.47 bits per heavy atom. The Labute approximate surface area is 230 Å². The van der Waals surface area contributed by atoms with Crippen LogP contribution in [-0.2, 0) is 21.5 Å². The molecule has 38 heavy (non-hydrogen) atoms. The number of aromatic nitrogens is 2. The van der Waals surface area contributed by atoms with Gasteiger partial charge in [0.1, 0.15) is 17.5 Å². The lowest BCUT2D eigenvalue weighted by atomic mass is 9.97. The molecule has 0 aliphatic carbocycles. The van der Waals surface area contributed by atoms with Crippen molar-refractivity contribution in [3.63, 3.8) is 0 Å². The molecule has 0 unspecified atom stereocenters. The number of nitrogens with one attached hydrogen (secondary N) is 1. The van der Waals surface area contributed by atoms with Crippen LogP contribution in [0.2, 0.25) is 5.02 Å². The van der Waals surface area contributed by atoms with E-state index in [1.54, 1.807) is 39.0 Å². The predicted octanol–water partition coefficient (Wildman–Crippen LogP) is 6.36. The molecule has 0 spiro atoms. The van der Waals surface area contributed by atoms with Gasteiger partial charge in [-0.15, -0.1) is 22.0 Å². The van der Waals surface area contributed by atoms with Crippen LogP contribution in [0.15, 0.2) is 45.7 Å². The molecule has 1 N–H and O–H groups in total. The second-order valence-corrected chi connectivity index (χ2v) is 12.5. The van der Waals surface area contributed by atoms with Crippen molar-refractivity contribution < 1.29 is 23.1 Å². The Morgan fingerprint density at radius 2 is 1.87 bits per heavy atom. The summed E-state index contributed by atoms with van der Waals surface area (Å²) >= 11 is 7.32. The zero-order chi connectivity index (χ0) is 27.8. The van der Waals surface area contributed by atoms with Crippen LogP contribution < -0.4 is 10.2 Å². The number of hydrogen-bond acceptors (Lipinski definition) is 7. The van der Waals surface area contributed by atoms with Gasteiger partial charge in [0.2, 0.25) is 5.89 Å². The monoisotopic (exact) mass is 560 g/mol. The van der Waals surface area contributed by atoms with Gasteiger partial charge >= 0.3 is 6.09 Å².